The summed E-state index contributed by atoms with van der Waals surface area (Å²) in [7, 11) is 0. The zero-order valence-electron chi connectivity index (χ0n) is 8.36. The fourth-order valence-electron chi connectivity index (χ4n) is 2.42. The second-order valence-corrected chi connectivity index (χ2v) is 4.06. The molecule has 1 atom stereocenters. The van der Waals surface area contributed by atoms with E-state index in [0.29, 0.717) is 13.0 Å². The van der Waals surface area contributed by atoms with E-state index >= 15 is 0 Å². The number of carbonyl (C=O) groups is 1. The van der Waals surface area contributed by atoms with E-state index in [1.165, 1.54) is 0 Å². The molecule has 1 unspecified atom stereocenters. The van der Waals surface area contributed by atoms with E-state index in [0.717, 1.165) is 24.2 Å². The number of hydrogen-bond acceptors (Lipinski definition) is 3. The molecule has 0 radical (unpaired) electrons. The summed E-state index contributed by atoms with van der Waals surface area (Å²) >= 11 is 0. The molecule has 1 aromatic rings. The van der Waals surface area contributed by atoms with Crippen LogP contribution in [0.4, 0.5) is 0 Å². The van der Waals surface area contributed by atoms with E-state index < -0.39 is 5.60 Å². The molecule has 1 aromatic carbocycles. The standard InChI is InChI=1S/C12H12O3/c13-11-5-6-12(15-11)7-8-14-10-4-2-1-3-9(10)12/h1-4H,5-8H2. The number of ether oxygens (including phenoxy) is 2. The third kappa shape index (κ3) is 1.23. The van der Waals surface area contributed by atoms with Crippen molar-refractivity contribution < 1.29 is 14.3 Å². The van der Waals surface area contributed by atoms with E-state index in [9.17, 15) is 4.79 Å². The number of hydrogen-bond donors (Lipinski definition) is 0. The lowest BCUT2D eigenvalue weighted by atomic mass is 9.86. The number of para-hydroxylation sites is 1. The van der Waals surface area contributed by atoms with Crippen LogP contribution >= 0.6 is 0 Å². The van der Waals surface area contributed by atoms with Gasteiger partial charge in [0.2, 0.25) is 0 Å². The summed E-state index contributed by atoms with van der Waals surface area (Å²) in [6.45, 7) is 0.629. The van der Waals surface area contributed by atoms with Crippen molar-refractivity contribution in [1.29, 1.82) is 0 Å². The van der Waals surface area contributed by atoms with Crippen molar-refractivity contribution in [3.63, 3.8) is 0 Å². The number of esters is 1. The van der Waals surface area contributed by atoms with Crippen molar-refractivity contribution in [3.05, 3.63) is 29.8 Å². The van der Waals surface area contributed by atoms with Gasteiger partial charge in [0.1, 0.15) is 11.4 Å². The van der Waals surface area contributed by atoms with Crippen LogP contribution in [0.1, 0.15) is 24.8 Å². The maximum absolute atomic E-state index is 11.3. The van der Waals surface area contributed by atoms with Gasteiger partial charge in [0.15, 0.2) is 0 Å². The first kappa shape index (κ1) is 8.77. The van der Waals surface area contributed by atoms with Gasteiger partial charge in [0.05, 0.1) is 6.61 Å². The van der Waals surface area contributed by atoms with Crippen LogP contribution in [0, 0.1) is 0 Å². The molecule has 1 spiro atoms. The van der Waals surface area contributed by atoms with Crippen molar-refractivity contribution in [2.24, 2.45) is 0 Å². The molecule has 0 N–H and O–H groups in total. The van der Waals surface area contributed by atoms with Crippen molar-refractivity contribution in [2.75, 3.05) is 6.61 Å². The summed E-state index contributed by atoms with van der Waals surface area (Å²) in [6.07, 6.45) is 2.08. The van der Waals surface area contributed by atoms with E-state index in [4.69, 9.17) is 9.47 Å². The van der Waals surface area contributed by atoms with Gasteiger partial charge in [0.25, 0.3) is 0 Å². The summed E-state index contributed by atoms with van der Waals surface area (Å²) in [6, 6.07) is 7.82. The number of fused-ring (bicyclic) bond motifs is 2. The van der Waals surface area contributed by atoms with Gasteiger partial charge in [-0.15, -0.1) is 0 Å². The highest BCUT2D eigenvalue weighted by molar-refractivity contribution is 5.73. The average molecular weight is 204 g/mol. The molecule has 78 valence electrons. The van der Waals surface area contributed by atoms with Crippen molar-refractivity contribution >= 4 is 5.97 Å². The normalized spacial score (nSPS) is 28.4. The maximum Gasteiger partial charge on any atom is 0.306 e. The van der Waals surface area contributed by atoms with Gasteiger partial charge in [0, 0.05) is 24.8 Å². The molecule has 0 bridgehead atoms. The first-order valence-corrected chi connectivity index (χ1v) is 5.24. The Morgan fingerprint density at radius 3 is 2.87 bits per heavy atom. The Labute approximate surface area is 88.0 Å². The molecule has 2 aliphatic heterocycles. The summed E-state index contributed by atoms with van der Waals surface area (Å²) in [5.74, 6) is 0.769. The van der Waals surface area contributed by atoms with Gasteiger partial charge in [-0.05, 0) is 6.07 Å². The smallest absolute Gasteiger partial charge is 0.306 e. The third-order valence-electron chi connectivity index (χ3n) is 3.18. The van der Waals surface area contributed by atoms with Crippen LogP contribution in [-0.2, 0) is 15.1 Å². The van der Waals surface area contributed by atoms with E-state index in [1.807, 2.05) is 24.3 Å². The first-order valence-electron chi connectivity index (χ1n) is 5.24. The molecule has 0 amide bonds. The Bertz CT molecular complexity index is 413. The predicted octanol–water partition coefficient (Wildman–Crippen LogP) is 2.00. The Hall–Kier alpha value is -1.51. The van der Waals surface area contributed by atoms with E-state index in [1.54, 1.807) is 0 Å². The van der Waals surface area contributed by atoms with Crippen LogP contribution in [0.25, 0.3) is 0 Å². The fourth-order valence-corrected chi connectivity index (χ4v) is 2.42. The van der Waals surface area contributed by atoms with Gasteiger partial charge in [-0.2, -0.15) is 0 Å². The molecule has 2 aliphatic rings. The Morgan fingerprint density at radius 1 is 1.20 bits per heavy atom. The SMILES string of the molecule is O=C1CCC2(CCOc3ccccc32)O1. The molecule has 3 heteroatoms. The second kappa shape index (κ2) is 2.99. The topological polar surface area (TPSA) is 35.5 Å². The molecule has 3 rings (SSSR count). The zero-order valence-corrected chi connectivity index (χ0v) is 8.36. The lowest BCUT2D eigenvalue weighted by molar-refractivity contribution is -0.151. The highest BCUT2D eigenvalue weighted by Gasteiger charge is 2.45. The number of benzene rings is 1. The van der Waals surface area contributed by atoms with Crippen LogP contribution in [0.15, 0.2) is 24.3 Å². The largest absolute Gasteiger partial charge is 0.493 e. The van der Waals surface area contributed by atoms with Gasteiger partial charge < -0.3 is 9.47 Å². The zero-order chi connectivity index (χ0) is 10.3. The van der Waals surface area contributed by atoms with Gasteiger partial charge >= 0.3 is 5.97 Å². The minimum absolute atomic E-state index is 0.0910. The Balaban J connectivity index is 2.09. The molecule has 15 heavy (non-hydrogen) atoms. The third-order valence-corrected chi connectivity index (χ3v) is 3.18. The molecule has 3 nitrogen and oxygen atoms in total. The minimum atomic E-state index is -0.397. The van der Waals surface area contributed by atoms with E-state index in [2.05, 4.69) is 0 Å². The van der Waals surface area contributed by atoms with Crippen molar-refractivity contribution in [1.82, 2.24) is 0 Å². The van der Waals surface area contributed by atoms with Crippen LogP contribution in [0.3, 0.4) is 0 Å². The lowest BCUT2D eigenvalue weighted by Crippen LogP contribution is -2.32. The van der Waals surface area contributed by atoms with Crippen LogP contribution in [0.2, 0.25) is 0 Å². The van der Waals surface area contributed by atoms with Crippen molar-refractivity contribution in [3.8, 4) is 5.75 Å². The fraction of sp³-hybridized carbons (Fsp3) is 0.417. The van der Waals surface area contributed by atoms with Crippen molar-refractivity contribution in [2.45, 2.75) is 24.9 Å². The second-order valence-electron chi connectivity index (χ2n) is 4.06. The minimum Gasteiger partial charge on any atom is -0.493 e. The number of rotatable bonds is 0. The van der Waals surface area contributed by atoms with Gasteiger partial charge in [-0.1, -0.05) is 18.2 Å². The molecule has 0 saturated carbocycles. The monoisotopic (exact) mass is 204 g/mol. The molecule has 1 fully saturated rings. The highest BCUT2D eigenvalue weighted by atomic mass is 16.6. The molecular formula is C12H12O3. The summed E-state index contributed by atoms with van der Waals surface area (Å²) in [4.78, 5) is 11.3. The Kier molecular flexibility index (Phi) is 1.75. The van der Waals surface area contributed by atoms with Crippen LogP contribution in [0.5, 0.6) is 5.75 Å². The number of carbonyl (C=O) groups excluding carboxylic acids is 1. The molecule has 0 aliphatic carbocycles. The molecule has 2 heterocycles. The Morgan fingerprint density at radius 2 is 2.07 bits per heavy atom. The summed E-state index contributed by atoms with van der Waals surface area (Å²) in [5.41, 5.74) is 0.633. The summed E-state index contributed by atoms with van der Waals surface area (Å²) in [5, 5.41) is 0. The van der Waals surface area contributed by atoms with E-state index in [-0.39, 0.29) is 5.97 Å². The van der Waals surface area contributed by atoms with Gasteiger partial charge in [-0.25, -0.2) is 0 Å². The predicted molar refractivity (Wildman–Crippen MR) is 53.6 cm³/mol. The molecule has 1 saturated heterocycles. The van der Waals surface area contributed by atoms with Crippen LogP contribution < -0.4 is 4.74 Å². The highest BCUT2D eigenvalue weighted by Crippen LogP contribution is 2.46. The van der Waals surface area contributed by atoms with Crippen LogP contribution in [-0.4, -0.2) is 12.6 Å². The quantitative estimate of drug-likeness (QED) is 0.606. The molecular weight excluding hydrogens is 192 g/mol. The maximum atomic E-state index is 11.3. The van der Waals surface area contributed by atoms with Gasteiger partial charge in [-0.3, -0.25) is 4.79 Å². The molecule has 0 aromatic heterocycles. The average Bonchev–Trinajstić information content (AvgIpc) is 2.62. The first-order chi connectivity index (χ1) is 7.30. The summed E-state index contributed by atoms with van der Waals surface area (Å²) < 4.78 is 11.1. The lowest BCUT2D eigenvalue weighted by Gasteiger charge is -2.33.